The van der Waals surface area contributed by atoms with Crippen molar-refractivity contribution in [3.8, 4) is 11.1 Å². The number of hydrogen-bond donors (Lipinski definition) is 0. The monoisotopic (exact) mass is 267 g/mol. The number of aromatic nitrogens is 3. The Labute approximate surface area is 115 Å². The number of rotatable bonds is 3. The molecule has 5 heteroatoms. The molecule has 2 aromatic heterocycles. The van der Waals surface area contributed by atoms with Crippen molar-refractivity contribution in [2.24, 2.45) is 0 Å². The zero-order valence-electron chi connectivity index (χ0n) is 11.0. The molecule has 0 amide bonds. The molecule has 3 rings (SSSR count). The summed E-state index contributed by atoms with van der Waals surface area (Å²) >= 11 is 0. The van der Waals surface area contributed by atoms with Crippen LogP contribution in [-0.4, -0.2) is 26.9 Å². The Kier molecular flexibility index (Phi) is 3.16. The summed E-state index contributed by atoms with van der Waals surface area (Å²) in [5.74, 6) is 0.0481. The van der Waals surface area contributed by atoms with Crippen molar-refractivity contribution in [3.63, 3.8) is 0 Å². The van der Waals surface area contributed by atoms with E-state index < -0.39 is 5.97 Å². The van der Waals surface area contributed by atoms with Crippen LogP contribution in [0.4, 0.5) is 0 Å². The number of fused-ring (bicyclic) bond motifs is 1. The first-order valence-corrected chi connectivity index (χ1v) is 6.35. The third kappa shape index (κ3) is 2.25. The van der Waals surface area contributed by atoms with Gasteiger partial charge in [-0.15, -0.1) is 0 Å². The first kappa shape index (κ1) is 12.3. The second-order valence-corrected chi connectivity index (χ2v) is 4.26. The van der Waals surface area contributed by atoms with Crippen molar-refractivity contribution in [2.45, 2.75) is 6.92 Å². The minimum absolute atomic E-state index is 0.268. The van der Waals surface area contributed by atoms with Crippen molar-refractivity contribution < 1.29 is 9.53 Å². The van der Waals surface area contributed by atoms with Gasteiger partial charge in [-0.2, -0.15) is 0 Å². The van der Waals surface area contributed by atoms with E-state index in [4.69, 9.17) is 4.74 Å². The summed E-state index contributed by atoms with van der Waals surface area (Å²) in [7, 11) is 0. The molecule has 5 nitrogen and oxygen atoms in total. The molecule has 1 aromatic carbocycles. The van der Waals surface area contributed by atoms with E-state index in [0.717, 1.165) is 11.1 Å². The van der Waals surface area contributed by atoms with Crippen LogP contribution in [0.25, 0.3) is 16.9 Å². The molecular formula is C15H13N3O2. The molecule has 0 unspecified atom stereocenters. The van der Waals surface area contributed by atoms with Crippen LogP contribution < -0.4 is 0 Å². The first-order chi connectivity index (χ1) is 9.78. The van der Waals surface area contributed by atoms with Crippen LogP contribution in [0.1, 0.15) is 17.4 Å². The van der Waals surface area contributed by atoms with Gasteiger partial charge in [0.25, 0.3) is 0 Å². The first-order valence-electron chi connectivity index (χ1n) is 6.35. The smallest absolute Gasteiger partial charge is 0.358 e. The van der Waals surface area contributed by atoms with E-state index in [9.17, 15) is 4.79 Å². The highest BCUT2D eigenvalue weighted by Gasteiger charge is 2.12. The van der Waals surface area contributed by atoms with Gasteiger partial charge in [0.2, 0.25) is 5.78 Å². The molecule has 0 radical (unpaired) electrons. The second-order valence-electron chi connectivity index (χ2n) is 4.26. The molecule has 0 bridgehead atoms. The van der Waals surface area contributed by atoms with Crippen LogP contribution >= 0.6 is 0 Å². The van der Waals surface area contributed by atoms with E-state index in [-0.39, 0.29) is 5.69 Å². The highest BCUT2D eigenvalue weighted by Crippen LogP contribution is 2.18. The van der Waals surface area contributed by atoms with Gasteiger partial charge in [-0.25, -0.2) is 14.8 Å². The summed E-state index contributed by atoms with van der Waals surface area (Å²) in [6.45, 7) is 2.09. The Morgan fingerprint density at radius 1 is 1.20 bits per heavy atom. The maximum absolute atomic E-state index is 11.6. The topological polar surface area (TPSA) is 56.5 Å². The standard InChI is InChI=1S/C15H13N3O2/c1-2-20-14(19)13-10-18-9-12(8-16-15(18)17-13)11-6-4-3-5-7-11/h3-10H,2H2,1H3. The van der Waals surface area contributed by atoms with Crippen LogP contribution in [0.15, 0.2) is 48.9 Å². The number of carbonyl (C=O) groups excluding carboxylic acids is 1. The highest BCUT2D eigenvalue weighted by atomic mass is 16.5. The summed E-state index contributed by atoms with van der Waals surface area (Å²) in [5.41, 5.74) is 2.30. The van der Waals surface area contributed by atoms with Gasteiger partial charge in [0.15, 0.2) is 5.69 Å². The van der Waals surface area contributed by atoms with Crippen LogP contribution in [-0.2, 0) is 4.74 Å². The second kappa shape index (κ2) is 5.13. The van der Waals surface area contributed by atoms with Crippen molar-refractivity contribution >= 4 is 11.7 Å². The molecule has 2 heterocycles. The van der Waals surface area contributed by atoms with E-state index in [1.165, 1.54) is 0 Å². The van der Waals surface area contributed by atoms with Crippen molar-refractivity contribution in [1.29, 1.82) is 0 Å². The number of hydrogen-bond acceptors (Lipinski definition) is 4. The van der Waals surface area contributed by atoms with Crippen LogP contribution in [0, 0.1) is 0 Å². The van der Waals surface area contributed by atoms with Gasteiger partial charge in [0, 0.05) is 24.2 Å². The fourth-order valence-corrected chi connectivity index (χ4v) is 1.97. The van der Waals surface area contributed by atoms with Crippen LogP contribution in [0.5, 0.6) is 0 Å². The summed E-state index contributed by atoms with van der Waals surface area (Å²) in [6, 6.07) is 9.92. The van der Waals surface area contributed by atoms with E-state index in [1.54, 1.807) is 23.7 Å². The average molecular weight is 267 g/mol. The zero-order valence-corrected chi connectivity index (χ0v) is 11.0. The van der Waals surface area contributed by atoms with Crippen molar-refractivity contribution in [3.05, 3.63) is 54.6 Å². The zero-order chi connectivity index (χ0) is 13.9. The molecule has 3 aromatic rings. The SMILES string of the molecule is CCOC(=O)c1cn2cc(-c3ccccc3)cnc2n1. The Hall–Kier alpha value is -2.69. The molecule has 20 heavy (non-hydrogen) atoms. The molecule has 0 fully saturated rings. The fourth-order valence-electron chi connectivity index (χ4n) is 1.97. The Morgan fingerprint density at radius 3 is 2.75 bits per heavy atom. The van der Waals surface area contributed by atoms with E-state index in [1.807, 2.05) is 36.5 Å². The Bertz CT molecular complexity index is 750. The molecule has 0 aliphatic carbocycles. The lowest BCUT2D eigenvalue weighted by atomic mass is 10.1. The van der Waals surface area contributed by atoms with E-state index >= 15 is 0 Å². The lowest BCUT2D eigenvalue weighted by Gasteiger charge is -2.00. The number of imidazole rings is 1. The van der Waals surface area contributed by atoms with E-state index in [2.05, 4.69) is 9.97 Å². The minimum Gasteiger partial charge on any atom is -0.461 e. The third-order valence-electron chi connectivity index (χ3n) is 2.90. The van der Waals surface area contributed by atoms with E-state index in [0.29, 0.717) is 12.4 Å². The number of ether oxygens (including phenoxy) is 1. The molecule has 0 spiro atoms. The largest absolute Gasteiger partial charge is 0.461 e. The van der Waals surface area contributed by atoms with Gasteiger partial charge >= 0.3 is 5.97 Å². The Balaban J connectivity index is 2.02. The predicted octanol–water partition coefficient (Wildman–Crippen LogP) is 2.57. The molecule has 0 N–H and O–H groups in total. The number of nitrogens with zero attached hydrogens (tertiary/aromatic N) is 3. The summed E-state index contributed by atoms with van der Waals surface area (Å²) in [6.07, 6.45) is 5.27. The maximum atomic E-state index is 11.6. The van der Waals surface area contributed by atoms with Crippen molar-refractivity contribution in [1.82, 2.24) is 14.4 Å². The molecule has 0 saturated heterocycles. The molecule has 0 aliphatic heterocycles. The lowest BCUT2D eigenvalue weighted by molar-refractivity contribution is 0.0520. The fraction of sp³-hybridized carbons (Fsp3) is 0.133. The van der Waals surface area contributed by atoms with Gasteiger partial charge < -0.3 is 4.74 Å². The number of carbonyl (C=O) groups is 1. The summed E-state index contributed by atoms with van der Waals surface area (Å²) in [5, 5.41) is 0. The summed E-state index contributed by atoms with van der Waals surface area (Å²) < 4.78 is 6.66. The molecule has 0 atom stereocenters. The number of benzene rings is 1. The van der Waals surface area contributed by atoms with Crippen molar-refractivity contribution in [2.75, 3.05) is 6.61 Å². The molecular weight excluding hydrogens is 254 g/mol. The van der Waals surface area contributed by atoms with Gasteiger partial charge in [-0.05, 0) is 12.5 Å². The quantitative estimate of drug-likeness (QED) is 0.684. The molecule has 0 saturated carbocycles. The normalized spacial score (nSPS) is 10.7. The molecule has 100 valence electrons. The van der Waals surface area contributed by atoms with Gasteiger partial charge in [-0.1, -0.05) is 30.3 Å². The summed E-state index contributed by atoms with van der Waals surface area (Å²) in [4.78, 5) is 20.1. The molecule has 0 aliphatic rings. The third-order valence-corrected chi connectivity index (χ3v) is 2.90. The lowest BCUT2D eigenvalue weighted by Crippen LogP contribution is -2.04. The van der Waals surface area contributed by atoms with Gasteiger partial charge in [-0.3, -0.25) is 4.40 Å². The Morgan fingerprint density at radius 2 is 2.00 bits per heavy atom. The highest BCUT2D eigenvalue weighted by molar-refractivity contribution is 5.87. The maximum Gasteiger partial charge on any atom is 0.358 e. The van der Waals surface area contributed by atoms with Crippen LogP contribution in [0.2, 0.25) is 0 Å². The predicted molar refractivity (Wildman–Crippen MR) is 74.4 cm³/mol. The average Bonchev–Trinajstić information content (AvgIpc) is 2.91. The minimum atomic E-state index is -0.431. The number of esters is 1. The van der Waals surface area contributed by atoms with Gasteiger partial charge in [0.1, 0.15) is 0 Å². The van der Waals surface area contributed by atoms with Gasteiger partial charge in [0.05, 0.1) is 6.61 Å². The van der Waals surface area contributed by atoms with Crippen LogP contribution in [0.3, 0.4) is 0 Å².